The number of anilines is 6. The lowest BCUT2D eigenvalue weighted by Crippen LogP contribution is -2.12. The lowest BCUT2D eigenvalue weighted by Gasteiger charge is -2.27. The van der Waals surface area contributed by atoms with Crippen LogP contribution in [-0.4, -0.2) is 9.13 Å². The van der Waals surface area contributed by atoms with Gasteiger partial charge in [-0.2, -0.15) is 0 Å². The summed E-state index contributed by atoms with van der Waals surface area (Å²) < 4.78 is 18.4. The van der Waals surface area contributed by atoms with Gasteiger partial charge in [0.1, 0.15) is 22.3 Å². The van der Waals surface area contributed by atoms with E-state index in [2.05, 4.69) is 315 Å². The first-order valence-corrected chi connectivity index (χ1v) is 29.1. The highest BCUT2D eigenvalue weighted by Gasteiger charge is 2.26. The Balaban J connectivity index is 0.852. The highest BCUT2D eigenvalue weighted by molar-refractivity contribution is 6.19. The maximum Gasteiger partial charge on any atom is 0.136 e. The van der Waals surface area contributed by atoms with Crippen LogP contribution in [0.25, 0.3) is 110 Å². The third-order valence-corrected chi connectivity index (χ3v) is 17.3. The summed E-state index contributed by atoms with van der Waals surface area (Å²) in [5, 5.41) is 11.2. The minimum absolute atomic E-state index is 0.0366. The number of aromatic nitrogens is 2. The van der Waals surface area contributed by atoms with Crippen LogP contribution in [0.1, 0.15) is 52.7 Å². The third-order valence-electron chi connectivity index (χ3n) is 17.3. The molecule has 0 aliphatic rings. The van der Waals surface area contributed by atoms with Gasteiger partial charge in [0, 0.05) is 77.2 Å². The molecule has 0 bridgehead atoms. The molecule has 4 aromatic heterocycles. The van der Waals surface area contributed by atoms with Crippen molar-refractivity contribution in [1.29, 1.82) is 0 Å². The van der Waals surface area contributed by atoms with Gasteiger partial charge in [0.2, 0.25) is 0 Å². The molecule has 404 valence electrons. The van der Waals surface area contributed by atoms with Crippen molar-refractivity contribution in [3.63, 3.8) is 0 Å². The van der Waals surface area contributed by atoms with Crippen molar-refractivity contribution in [2.75, 3.05) is 9.80 Å². The standard InChI is InChI=1S/C78H60N4O2/c1-77(2,3)51-31-35-55(36-32-51)81-67-27-15-13-23-59(67)61-25-17-29-69(75(61)81)79(53-19-9-7-10-20-53)57-39-41-71-65(47-57)63-43-49-44-64-66-48-58(40-42-72(66)84-74(64)46-50(49)45-73(63)83-71)80(54-21-11-8-12-22-54)70-30-18-26-62-60-24-14-16-28-68(60)82(76(62)70)56-37-33-52(34-38-56)78(4,5)6/h7-48H,1-6H3. The minimum atomic E-state index is 0.0366. The van der Waals surface area contributed by atoms with Gasteiger partial charge in [-0.15, -0.1) is 0 Å². The number of para-hydroxylation sites is 6. The fourth-order valence-electron chi connectivity index (χ4n) is 13.2. The molecule has 6 heteroatoms. The largest absolute Gasteiger partial charge is 0.456 e. The average molecular weight is 1090 g/mol. The molecule has 0 atom stereocenters. The second-order valence-electron chi connectivity index (χ2n) is 24.6. The number of benzene rings is 12. The Labute approximate surface area is 487 Å². The van der Waals surface area contributed by atoms with Crippen molar-refractivity contribution in [2.45, 2.75) is 52.4 Å². The van der Waals surface area contributed by atoms with E-state index >= 15 is 0 Å². The van der Waals surface area contributed by atoms with Crippen molar-refractivity contribution in [1.82, 2.24) is 9.13 Å². The summed E-state index contributed by atoms with van der Waals surface area (Å²) in [7, 11) is 0. The zero-order chi connectivity index (χ0) is 56.6. The van der Waals surface area contributed by atoms with Crippen LogP contribution in [0.3, 0.4) is 0 Å². The second-order valence-corrected chi connectivity index (χ2v) is 24.6. The van der Waals surface area contributed by atoms with Crippen LogP contribution in [0.5, 0.6) is 0 Å². The summed E-state index contributed by atoms with van der Waals surface area (Å²) in [5.74, 6) is 0. The van der Waals surface area contributed by atoms with Gasteiger partial charge in [-0.3, -0.25) is 0 Å². The first kappa shape index (κ1) is 49.5. The maximum absolute atomic E-state index is 6.77. The maximum atomic E-state index is 6.77. The lowest BCUT2D eigenvalue weighted by atomic mass is 9.87. The van der Waals surface area contributed by atoms with Gasteiger partial charge < -0.3 is 27.8 Å². The molecule has 16 aromatic rings. The summed E-state index contributed by atoms with van der Waals surface area (Å²) in [6.45, 7) is 13.6. The van der Waals surface area contributed by atoms with E-state index in [9.17, 15) is 0 Å². The molecule has 0 spiro atoms. The van der Waals surface area contributed by atoms with Crippen molar-refractivity contribution in [3.05, 3.63) is 266 Å². The third kappa shape index (κ3) is 7.85. The molecule has 0 fully saturated rings. The van der Waals surface area contributed by atoms with Gasteiger partial charge in [-0.1, -0.05) is 163 Å². The Morgan fingerprint density at radius 2 is 0.655 bits per heavy atom. The van der Waals surface area contributed by atoms with Crippen LogP contribution in [0.2, 0.25) is 0 Å². The Morgan fingerprint density at radius 3 is 1.07 bits per heavy atom. The molecule has 4 heterocycles. The van der Waals surface area contributed by atoms with E-state index in [0.29, 0.717) is 0 Å². The lowest BCUT2D eigenvalue weighted by molar-refractivity contribution is 0.590. The molecule has 0 saturated carbocycles. The molecule has 16 rings (SSSR count). The number of hydrogen-bond acceptors (Lipinski definition) is 4. The Kier molecular flexibility index (Phi) is 11.0. The number of rotatable bonds is 8. The predicted octanol–water partition coefficient (Wildman–Crippen LogP) is 22.4. The van der Waals surface area contributed by atoms with Crippen molar-refractivity contribution in [2.24, 2.45) is 0 Å². The number of hydrogen-bond donors (Lipinski definition) is 0. The van der Waals surface area contributed by atoms with E-state index in [-0.39, 0.29) is 10.8 Å². The van der Waals surface area contributed by atoms with Crippen molar-refractivity contribution >= 4 is 132 Å². The summed E-state index contributed by atoms with van der Waals surface area (Å²) >= 11 is 0. The number of furan rings is 2. The van der Waals surface area contributed by atoms with Crippen LogP contribution in [0.4, 0.5) is 34.1 Å². The molecule has 0 saturated heterocycles. The molecule has 12 aromatic carbocycles. The van der Waals surface area contributed by atoms with Crippen LogP contribution in [0, 0.1) is 0 Å². The van der Waals surface area contributed by atoms with Crippen LogP contribution in [-0.2, 0) is 10.8 Å². The smallest absolute Gasteiger partial charge is 0.136 e. The van der Waals surface area contributed by atoms with Crippen LogP contribution < -0.4 is 9.80 Å². The van der Waals surface area contributed by atoms with Crippen LogP contribution in [0.15, 0.2) is 264 Å². The van der Waals surface area contributed by atoms with E-state index in [1.807, 2.05) is 0 Å². The minimum Gasteiger partial charge on any atom is -0.456 e. The normalized spacial score (nSPS) is 12.4. The van der Waals surface area contributed by atoms with Gasteiger partial charge in [0.05, 0.1) is 33.4 Å². The van der Waals surface area contributed by atoms with Crippen molar-refractivity contribution < 1.29 is 8.83 Å². The highest BCUT2D eigenvalue weighted by atomic mass is 16.3. The highest BCUT2D eigenvalue weighted by Crippen LogP contribution is 2.48. The SMILES string of the molecule is CC(C)(C)c1ccc(-n2c3ccccc3c3cccc(N(c4ccccc4)c4ccc5oc6cc7cc8oc9ccc(N(c%10ccccc%10)c%10cccc%11c%12ccccc%12n(-c%12ccc(C(C)(C)C)cc%12)c%10%11)cc9c8cc7cc6c5c4)c32)cc1. The Hall–Kier alpha value is -10.3. The van der Waals surface area contributed by atoms with Crippen molar-refractivity contribution in [3.8, 4) is 11.4 Å². The molecule has 0 unspecified atom stereocenters. The quantitative estimate of drug-likeness (QED) is 0.152. The van der Waals surface area contributed by atoms with Gasteiger partial charge in [-0.25, -0.2) is 0 Å². The molecule has 0 N–H and O–H groups in total. The van der Waals surface area contributed by atoms with E-state index in [0.717, 1.165) is 111 Å². The Morgan fingerprint density at radius 1 is 0.286 bits per heavy atom. The fourth-order valence-corrected chi connectivity index (χ4v) is 13.2. The van der Waals surface area contributed by atoms with E-state index in [1.165, 1.54) is 43.7 Å². The zero-order valence-electron chi connectivity index (χ0n) is 47.9. The molecule has 0 aliphatic heterocycles. The average Bonchev–Trinajstić information content (AvgIpc) is 3.57. The predicted molar refractivity (Wildman–Crippen MR) is 354 cm³/mol. The Bertz CT molecular complexity index is 4930. The zero-order valence-corrected chi connectivity index (χ0v) is 47.9. The molecular formula is C78H60N4O2. The van der Waals surface area contributed by atoms with Gasteiger partial charge in [0.15, 0.2) is 0 Å². The van der Waals surface area contributed by atoms with Gasteiger partial charge in [0.25, 0.3) is 0 Å². The van der Waals surface area contributed by atoms with Gasteiger partial charge >= 0.3 is 0 Å². The summed E-state index contributed by atoms with van der Waals surface area (Å²) in [6, 6.07) is 92.9. The molecule has 0 amide bonds. The molecule has 0 aliphatic carbocycles. The van der Waals surface area contributed by atoms with E-state index < -0.39 is 0 Å². The fraction of sp³-hybridized carbons (Fsp3) is 0.103. The molecular weight excluding hydrogens is 1020 g/mol. The topological polar surface area (TPSA) is 42.6 Å². The summed E-state index contributed by atoms with van der Waals surface area (Å²) in [6.07, 6.45) is 0. The monoisotopic (exact) mass is 1080 g/mol. The van der Waals surface area contributed by atoms with Crippen LogP contribution >= 0.6 is 0 Å². The summed E-state index contributed by atoms with van der Waals surface area (Å²) in [5.41, 5.74) is 19.2. The number of fused-ring (bicyclic) bond motifs is 13. The van der Waals surface area contributed by atoms with Gasteiger partial charge in [-0.05, 0) is 166 Å². The summed E-state index contributed by atoms with van der Waals surface area (Å²) in [4.78, 5) is 4.81. The van der Waals surface area contributed by atoms with E-state index in [1.54, 1.807) is 0 Å². The first-order valence-electron chi connectivity index (χ1n) is 29.1. The molecule has 0 radical (unpaired) electrons. The molecule has 6 nitrogen and oxygen atoms in total. The number of nitrogens with zero attached hydrogens (tertiary/aromatic N) is 4. The molecule has 84 heavy (non-hydrogen) atoms. The van der Waals surface area contributed by atoms with E-state index in [4.69, 9.17) is 8.83 Å². The first-order chi connectivity index (χ1) is 40.9. The second kappa shape index (κ2) is 18.6.